The molecule has 6 heteroatoms. The van der Waals surface area contributed by atoms with Crippen molar-refractivity contribution in [3.8, 4) is 0 Å². The average Bonchev–Trinajstić information content (AvgIpc) is 3.11. The van der Waals surface area contributed by atoms with Gasteiger partial charge in [0.25, 0.3) is 0 Å². The van der Waals surface area contributed by atoms with Crippen LogP contribution in [0.25, 0.3) is 5.65 Å². The van der Waals surface area contributed by atoms with E-state index in [1.165, 1.54) is 13.5 Å². The summed E-state index contributed by atoms with van der Waals surface area (Å²) in [4.78, 5) is 18.6. The van der Waals surface area contributed by atoms with Crippen molar-refractivity contribution in [1.29, 1.82) is 0 Å². The Morgan fingerprint density at radius 2 is 2.24 bits per heavy atom. The maximum absolute atomic E-state index is 11.6. The Labute approximate surface area is 123 Å². The molecular weight excluding hydrogens is 268 g/mol. The highest BCUT2D eigenvalue weighted by atomic mass is 16.5. The van der Waals surface area contributed by atoms with Crippen molar-refractivity contribution in [2.75, 3.05) is 13.7 Å². The molecular formula is C15H20N4O2. The van der Waals surface area contributed by atoms with Gasteiger partial charge in [0, 0.05) is 12.2 Å². The third kappa shape index (κ3) is 2.51. The minimum absolute atomic E-state index is 0.270. The maximum Gasteiger partial charge on any atom is 0.339 e. The van der Waals surface area contributed by atoms with Crippen LogP contribution in [-0.4, -0.2) is 45.2 Å². The van der Waals surface area contributed by atoms with Crippen molar-refractivity contribution in [2.24, 2.45) is 0 Å². The third-order valence-electron chi connectivity index (χ3n) is 4.02. The highest BCUT2D eigenvalue weighted by molar-refractivity contribution is 5.89. The Morgan fingerprint density at radius 3 is 2.95 bits per heavy atom. The lowest BCUT2D eigenvalue weighted by Crippen LogP contribution is -2.30. The summed E-state index contributed by atoms with van der Waals surface area (Å²) in [7, 11) is 1.37. The molecule has 1 fully saturated rings. The first-order valence-electron chi connectivity index (χ1n) is 7.30. The lowest BCUT2D eigenvalue weighted by molar-refractivity contribution is 0.0600. The molecule has 0 spiro atoms. The van der Waals surface area contributed by atoms with Crippen LogP contribution < -0.4 is 0 Å². The lowest BCUT2D eigenvalue weighted by Gasteiger charge is -2.25. The number of likely N-dealkylation sites (tertiary alicyclic amines) is 1. The van der Waals surface area contributed by atoms with Crippen LogP contribution in [0.15, 0.2) is 18.3 Å². The molecule has 3 rings (SSSR count). The molecule has 1 aliphatic heterocycles. The molecule has 1 aliphatic rings. The molecule has 1 unspecified atom stereocenters. The summed E-state index contributed by atoms with van der Waals surface area (Å²) in [5, 5.41) is 4.56. The van der Waals surface area contributed by atoms with E-state index >= 15 is 0 Å². The molecule has 21 heavy (non-hydrogen) atoms. The van der Waals surface area contributed by atoms with Gasteiger partial charge < -0.3 is 4.74 Å². The fourth-order valence-corrected chi connectivity index (χ4v) is 2.96. The van der Waals surface area contributed by atoms with E-state index in [0.717, 1.165) is 24.4 Å². The van der Waals surface area contributed by atoms with Crippen LogP contribution in [0.4, 0.5) is 0 Å². The van der Waals surface area contributed by atoms with E-state index in [9.17, 15) is 4.79 Å². The molecule has 2 aromatic heterocycles. The smallest absolute Gasteiger partial charge is 0.339 e. The van der Waals surface area contributed by atoms with Crippen molar-refractivity contribution < 1.29 is 9.53 Å². The molecule has 0 saturated carbocycles. The second-order valence-corrected chi connectivity index (χ2v) is 5.67. The second-order valence-electron chi connectivity index (χ2n) is 5.67. The summed E-state index contributed by atoms with van der Waals surface area (Å²) >= 11 is 0. The standard InChI is InChI=1S/C15H20N4O2/c1-10(2)18-8-4-5-12(18)14-16-13-7-6-11(15(20)21-3)9-19(13)17-14/h6-7,9-10,12H,4-5,8H2,1-3H3. The highest BCUT2D eigenvalue weighted by Crippen LogP contribution is 2.31. The molecule has 0 amide bonds. The van der Waals surface area contributed by atoms with Gasteiger partial charge in [-0.05, 0) is 45.4 Å². The number of nitrogens with zero attached hydrogens (tertiary/aromatic N) is 4. The number of fused-ring (bicyclic) bond motifs is 1. The Hall–Kier alpha value is -1.95. The van der Waals surface area contributed by atoms with Gasteiger partial charge in [-0.3, -0.25) is 4.90 Å². The molecule has 0 aliphatic carbocycles. The van der Waals surface area contributed by atoms with E-state index in [1.54, 1.807) is 22.8 Å². The number of pyridine rings is 1. The molecule has 112 valence electrons. The van der Waals surface area contributed by atoms with Gasteiger partial charge in [-0.1, -0.05) is 0 Å². The first-order valence-corrected chi connectivity index (χ1v) is 7.30. The van der Waals surface area contributed by atoms with Crippen LogP contribution in [0.5, 0.6) is 0 Å². The monoisotopic (exact) mass is 288 g/mol. The van der Waals surface area contributed by atoms with Gasteiger partial charge in [0.15, 0.2) is 11.5 Å². The topological polar surface area (TPSA) is 59.7 Å². The largest absolute Gasteiger partial charge is 0.465 e. The van der Waals surface area contributed by atoms with E-state index in [4.69, 9.17) is 4.74 Å². The van der Waals surface area contributed by atoms with E-state index in [-0.39, 0.29) is 12.0 Å². The van der Waals surface area contributed by atoms with Crippen LogP contribution in [0.1, 0.15) is 48.9 Å². The normalized spacial score (nSPS) is 19.5. The lowest BCUT2D eigenvalue weighted by atomic mass is 10.2. The number of carbonyl (C=O) groups excluding carboxylic acids is 1. The Kier molecular flexibility index (Phi) is 3.63. The first kappa shape index (κ1) is 14.0. The van der Waals surface area contributed by atoms with Gasteiger partial charge >= 0.3 is 5.97 Å². The van der Waals surface area contributed by atoms with Gasteiger partial charge in [0.1, 0.15) is 0 Å². The van der Waals surface area contributed by atoms with Gasteiger partial charge in [0.05, 0.1) is 18.7 Å². The van der Waals surface area contributed by atoms with E-state index in [1.807, 2.05) is 0 Å². The molecule has 3 heterocycles. The number of rotatable bonds is 3. The molecule has 0 bridgehead atoms. The van der Waals surface area contributed by atoms with Gasteiger partial charge in [-0.2, -0.15) is 0 Å². The number of ether oxygens (including phenoxy) is 1. The van der Waals surface area contributed by atoms with Crippen LogP contribution in [0, 0.1) is 0 Å². The number of aromatic nitrogens is 3. The fourth-order valence-electron chi connectivity index (χ4n) is 2.96. The van der Waals surface area contributed by atoms with E-state index in [2.05, 4.69) is 28.8 Å². The first-order chi connectivity index (χ1) is 10.1. The number of carbonyl (C=O) groups is 1. The van der Waals surface area contributed by atoms with Crippen LogP contribution >= 0.6 is 0 Å². The Morgan fingerprint density at radius 1 is 1.43 bits per heavy atom. The van der Waals surface area contributed by atoms with E-state index < -0.39 is 0 Å². The quantitative estimate of drug-likeness (QED) is 0.809. The summed E-state index contributed by atoms with van der Waals surface area (Å²) < 4.78 is 6.40. The zero-order valence-electron chi connectivity index (χ0n) is 12.6. The van der Waals surface area contributed by atoms with Crippen molar-refractivity contribution in [3.05, 3.63) is 29.7 Å². The zero-order valence-corrected chi connectivity index (χ0v) is 12.6. The Balaban J connectivity index is 1.95. The van der Waals surface area contributed by atoms with Gasteiger partial charge in [-0.15, -0.1) is 5.10 Å². The number of methoxy groups -OCH3 is 1. The summed E-state index contributed by atoms with van der Waals surface area (Å²) in [6.45, 7) is 5.48. The molecule has 6 nitrogen and oxygen atoms in total. The Bertz CT molecular complexity index is 665. The SMILES string of the molecule is COC(=O)c1ccc2nc(C3CCCN3C(C)C)nn2c1. The summed E-state index contributed by atoms with van der Waals surface area (Å²) in [6.07, 6.45) is 3.93. The molecule has 1 saturated heterocycles. The van der Waals surface area contributed by atoms with Crippen LogP contribution in [0.2, 0.25) is 0 Å². The van der Waals surface area contributed by atoms with E-state index in [0.29, 0.717) is 11.6 Å². The van der Waals surface area contributed by atoms with Crippen LogP contribution in [-0.2, 0) is 4.74 Å². The van der Waals surface area contributed by atoms with Crippen molar-refractivity contribution in [2.45, 2.75) is 38.8 Å². The van der Waals surface area contributed by atoms with Gasteiger partial charge in [0.2, 0.25) is 0 Å². The predicted molar refractivity (Wildman–Crippen MR) is 78.1 cm³/mol. The molecule has 2 aromatic rings. The summed E-state index contributed by atoms with van der Waals surface area (Å²) in [5.41, 5.74) is 1.24. The number of esters is 1. The number of hydrogen-bond acceptors (Lipinski definition) is 5. The molecule has 0 radical (unpaired) electrons. The van der Waals surface area contributed by atoms with Crippen molar-refractivity contribution in [1.82, 2.24) is 19.5 Å². The number of hydrogen-bond donors (Lipinski definition) is 0. The molecule has 0 N–H and O–H groups in total. The second kappa shape index (κ2) is 5.44. The predicted octanol–water partition coefficient (Wildman–Crippen LogP) is 2.06. The minimum atomic E-state index is -0.362. The molecule has 0 aromatic carbocycles. The maximum atomic E-state index is 11.6. The summed E-state index contributed by atoms with van der Waals surface area (Å²) in [6, 6.07) is 4.27. The third-order valence-corrected chi connectivity index (χ3v) is 4.02. The molecule has 1 atom stereocenters. The van der Waals surface area contributed by atoms with Crippen molar-refractivity contribution in [3.63, 3.8) is 0 Å². The summed E-state index contributed by atoms with van der Waals surface area (Å²) in [5.74, 6) is 0.474. The van der Waals surface area contributed by atoms with Gasteiger partial charge in [-0.25, -0.2) is 14.3 Å². The fraction of sp³-hybridized carbons (Fsp3) is 0.533. The zero-order chi connectivity index (χ0) is 15.0. The van der Waals surface area contributed by atoms with Crippen LogP contribution in [0.3, 0.4) is 0 Å². The average molecular weight is 288 g/mol. The highest BCUT2D eigenvalue weighted by Gasteiger charge is 2.30. The minimum Gasteiger partial charge on any atom is -0.465 e. The van der Waals surface area contributed by atoms with Crippen molar-refractivity contribution >= 4 is 11.6 Å².